The van der Waals surface area contributed by atoms with E-state index < -0.39 is 12.6 Å². The normalized spacial score (nSPS) is 54.5. The van der Waals surface area contributed by atoms with E-state index in [9.17, 15) is 9.90 Å². The molecule has 1 aliphatic carbocycles. The van der Waals surface area contributed by atoms with Crippen LogP contribution in [-0.4, -0.2) is 36.4 Å². The van der Waals surface area contributed by atoms with Crippen LogP contribution in [0.1, 0.15) is 0 Å². The molecule has 0 amide bonds. The van der Waals surface area contributed by atoms with Gasteiger partial charge in [-0.3, -0.25) is 4.79 Å². The maximum atomic E-state index is 11.6. The molecule has 5 aliphatic rings. The average molecular weight is 210 g/mol. The van der Waals surface area contributed by atoms with Crippen molar-refractivity contribution in [2.75, 3.05) is 6.61 Å². The van der Waals surface area contributed by atoms with Gasteiger partial charge in [0.25, 0.3) is 0 Å². The predicted molar refractivity (Wildman–Crippen MR) is 45.3 cm³/mol. The number of carbonyl (C=O) groups is 1. The molecular formula is C10H10O5. The number of aliphatic hydroxyl groups excluding tert-OH is 1. The van der Waals surface area contributed by atoms with Crippen LogP contribution in [0.2, 0.25) is 0 Å². The summed E-state index contributed by atoms with van der Waals surface area (Å²) in [6, 6.07) is 0. The molecule has 0 unspecified atom stereocenters. The summed E-state index contributed by atoms with van der Waals surface area (Å²) in [5, 5.41) is 9.21. The van der Waals surface area contributed by atoms with Crippen LogP contribution in [0.25, 0.3) is 0 Å². The minimum atomic E-state index is -0.552. The lowest BCUT2D eigenvalue weighted by molar-refractivity contribution is -0.301. The Hall–Kier alpha value is -0.910. The zero-order chi connectivity index (χ0) is 10.2. The Morgan fingerprint density at radius 1 is 1.27 bits per heavy atom. The van der Waals surface area contributed by atoms with Crippen LogP contribution in [0.4, 0.5) is 0 Å². The predicted octanol–water partition coefficient (Wildman–Crippen LogP) is -0.595. The van der Waals surface area contributed by atoms with Crippen LogP contribution in [0.5, 0.6) is 0 Å². The number of hydrogen-bond acceptors (Lipinski definition) is 5. The van der Waals surface area contributed by atoms with Crippen molar-refractivity contribution in [1.29, 1.82) is 0 Å². The van der Waals surface area contributed by atoms with Crippen molar-refractivity contribution in [3.8, 4) is 0 Å². The van der Waals surface area contributed by atoms with Crippen LogP contribution in [0, 0.1) is 17.8 Å². The fourth-order valence-electron chi connectivity index (χ4n) is 3.27. The van der Waals surface area contributed by atoms with Gasteiger partial charge in [-0.15, -0.1) is 0 Å². The number of aliphatic hydroxyl groups is 1. The molecule has 5 rings (SSSR count). The molecule has 4 bridgehead atoms. The topological polar surface area (TPSA) is 65.0 Å². The van der Waals surface area contributed by atoms with Gasteiger partial charge in [0, 0.05) is 5.92 Å². The molecule has 15 heavy (non-hydrogen) atoms. The van der Waals surface area contributed by atoms with E-state index in [4.69, 9.17) is 14.2 Å². The highest BCUT2D eigenvalue weighted by molar-refractivity contribution is 5.76. The monoisotopic (exact) mass is 210 g/mol. The first-order valence-electron chi connectivity index (χ1n) is 5.12. The second-order valence-corrected chi connectivity index (χ2v) is 4.44. The molecule has 0 saturated carbocycles. The van der Waals surface area contributed by atoms with Crippen molar-refractivity contribution < 1.29 is 24.1 Å². The summed E-state index contributed by atoms with van der Waals surface area (Å²) in [5.74, 6) is -0.392. The van der Waals surface area contributed by atoms with Crippen LogP contribution in [-0.2, 0) is 19.0 Å². The van der Waals surface area contributed by atoms with Crippen molar-refractivity contribution in [3.63, 3.8) is 0 Å². The van der Waals surface area contributed by atoms with Gasteiger partial charge < -0.3 is 19.3 Å². The van der Waals surface area contributed by atoms with Gasteiger partial charge in [-0.05, 0) is 5.57 Å². The van der Waals surface area contributed by atoms with Crippen molar-refractivity contribution in [2.24, 2.45) is 17.8 Å². The van der Waals surface area contributed by atoms with Gasteiger partial charge in [0.15, 0.2) is 6.29 Å². The second kappa shape index (κ2) is 2.42. The summed E-state index contributed by atoms with van der Waals surface area (Å²) in [7, 11) is 0. The molecule has 4 aliphatic heterocycles. The first kappa shape index (κ1) is 8.27. The molecule has 0 radical (unpaired) electrons. The van der Waals surface area contributed by atoms with Crippen LogP contribution in [0.15, 0.2) is 11.6 Å². The van der Waals surface area contributed by atoms with Gasteiger partial charge in [0.05, 0.1) is 18.6 Å². The minimum Gasteiger partial charge on any atom is -0.435 e. The number of ether oxygens (including phenoxy) is 3. The Labute approximate surface area is 85.6 Å². The van der Waals surface area contributed by atoms with E-state index in [1.807, 2.05) is 6.08 Å². The highest BCUT2D eigenvalue weighted by atomic mass is 16.8. The minimum absolute atomic E-state index is 0.00134. The molecule has 4 heterocycles. The molecule has 5 nitrogen and oxygen atoms in total. The number of rotatable bonds is 1. The average Bonchev–Trinajstić information content (AvgIpc) is 2.68. The van der Waals surface area contributed by atoms with E-state index in [1.54, 1.807) is 0 Å². The molecule has 0 aromatic carbocycles. The third-order valence-corrected chi connectivity index (χ3v) is 3.85. The van der Waals surface area contributed by atoms with Gasteiger partial charge in [-0.25, -0.2) is 0 Å². The van der Waals surface area contributed by atoms with Crippen LogP contribution >= 0.6 is 0 Å². The Morgan fingerprint density at radius 3 is 2.93 bits per heavy atom. The van der Waals surface area contributed by atoms with E-state index in [-0.39, 0.29) is 36.4 Å². The van der Waals surface area contributed by atoms with Crippen LogP contribution in [0.3, 0.4) is 0 Å². The first-order valence-corrected chi connectivity index (χ1v) is 5.12. The SMILES string of the molecule is O=C1O[C@@H]2O[C@H]3O[C@@H]4C=C(CO)[C@@H]2[C@H]4[C@@H]13. The Bertz CT molecular complexity index is 376. The Morgan fingerprint density at radius 2 is 2.13 bits per heavy atom. The molecule has 1 N–H and O–H groups in total. The summed E-state index contributed by atoms with van der Waals surface area (Å²) in [6.45, 7) is -0.0180. The molecule has 0 spiro atoms. The van der Waals surface area contributed by atoms with Gasteiger partial charge in [0.1, 0.15) is 5.92 Å². The maximum Gasteiger partial charge on any atom is 0.316 e. The summed E-state index contributed by atoms with van der Waals surface area (Å²) in [5.41, 5.74) is 0.880. The zero-order valence-corrected chi connectivity index (χ0v) is 7.83. The van der Waals surface area contributed by atoms with Gasteiger partial charge in [-0.2, -0.15) is 0 Å². The summed E-state index contributed by atoms with van der Waals surface area (Å²) < 4.78 is 16.2. The molecule has 5 heteroatoms. The lowest BCUT2D eigenvalue weighted by Crippen LogP contribution is -2.55. The lowest BCUT2D eigenvalue weighted by atomic mass is 9.77. The molecule has 6 atom stereocenters. The smallest absolute Gasteiger partial charge is 0.316 e. The van der Waals surface area contributed by atoms with Gasteiger partial charge in [0.2, 0.25) is 6.29 Å². The van der Waals surface area contributed by atoms with Gasteiger partial charge >= 0.3 is 5.97 Å². The fraction of sp³-hybridized carbons (Fsp3) is 0.700. The molecular weight excluding hydrogens is 200 g/mol. The van der Waals surface area contributed by atoms with Crippen molar-refractivity contribution >= 4 is 5.97 Å². The molecule has 4 saturated heterocycles. The van der Waals surface area contributed by atoms with E-state index >= 15 is 0 Å². The molecule has 4 fully saturated rings. The van der Waals surface area contributed by atoms with Crippen molar-refractivity contribution in [1.82, 2.24) is 0 Å². The summed E-state index contributed by atoms with van der Waals surface area (Å²) in [4.78, 5) is 11.6. The number of esters is 1. The Balaban J connectivity index is 1.84. The van der Waals surface area contributed by atoms with E-state index in [1.165, 1.54) is 0 Å². The number of carbonyl (C=O) groups excluding carboxylic acids is 1. The standard InChI is InChI=1S/C10H10O5/c11-2-3-1-4-6-5(3)9-14-8(12)7(6)10(13-4)15-9/h1,4-7,9-11H,2H2/t4-,5-,6+,7+,9-,10-/m1/s1. The molecule has 0 aromatic heterocycles. The second-order valence-electron chi connectivity index (χ2n) is 4.44. The quantitative estimate of drug-likeness (QED) is 0.462. The first-order chi connectivity index (χ1) is 7.29. The Kier molecular flexibility index (Phi) is 1.34. The van der Waals surface area contributed by atoms with E-state index in [2.05, 4.69) is 0 Å². The molecule has 80 valence electrons. The van der Waals surface area contributed by atoms with Crippen LogP contribution < -0.4 is 0 Å². The fourth-order valence-corrected chi connectivity index (χ4v) is 3.27. The van der Waals surface area contributed by atoms with E-state index in [0.717, 1.165) is 5.57 Å². The zero-order valence-electron chi connectivity index (χ0n) is 7.83. The third kappa shape index (κ3) is 0.792. The number of hydrogen-bond donors (Lipinski definition) is 1. The van der Waals surface area contributed by atoms with Crippen molar-refractivity contribution in [2.45, 2.75) is 18.7 Å². The summed E-state index contributed by atoms with van der Waals surface area (Å²) >= 11 is 0. The summed E-state index contributed by atoms with van der Waals surface area (Å²) in [6.07, 6.45) is 0.854. The lowest BCUT2D eigenvalue weighted by Gasteiger charge is -2.43. The number of fused-ring (bicyclic) bond motifs is 1. The highest BCUT2D eigenvalue weighted by Crippen LogP contribution is 2.56. The largest absolute Gasteiger partial charge is 0.435 e. The molecule has 0 aromatic rings. The maximum absolute atomic E-state index is 11.6. The van der Waals surface area contributed by atoms with Gasteiger partial charge in [-0.1, -0.05) is 6.08 Å². The van der Waals surface area contributed by atoms with E-state index in [0.29, 0.717) is 0 Å². The van der Waals surface area contributed by atoms with Crippen molar-refractivity contribution in [3.05, 3.63) is 11.6 Å². The highest BCUT2D eigenvalue weighted by Gasteiger charge is 2.66. The third-order valence-electron chi connectivity index (χ3n) is 3.85.